The van der Waals surface area contributed by atoms with E-state index < -0.39 is 18.5 Å². The number of ether oxygens (including phenoxy) is 1. The molecule has 9 heteroatoms. The second-order valence-corrected chi connectivity index (χ2v) is 8.90. The summed E-state index contributed by atoms with van der Waals surface area (Å²) >= 11 is 19.4. The van der Waals surface area contributed by atoms with Crippen molar-refractivity contribution in [3.63, 3.8) is 0 Å². The molecule has 1 N–H and O–H groups in total. The number of halogens is 3. The van der Waals surface area contributed by atoms with Gasteiger partial charge in [-0.15, -0.1) is 11.3 Å². The molecule has 0 spiro atoms. The molecule has 0 aliphatic rings. The van der Waals surface area contributed by atoms with E-state index in [2.05, 4.69) is 10.3 Å². The zero-order valence-electron chi connectivity index (χ0n) is 15.7. The first-order chi connectivity index (χ1) is 14.9. The zero-order chi connectivity index (χ0) is 22.0. The summed E-state index contributed by atoms with van der Waals surface area (Å²) in [5.41, 5.74) is 1.87. The Morgan fingerprint density at radius 2 is 1.81 bits per heavy atom. The maximum atomic E-state index is 12.8. The summed E-state index contributed by atoms with van der Waals surface area (Å²) in [6.45, 7) is -0.488. The van der Waals surface area contributed by atoms with E-state index in [0.29, 0.717) is 37.2 Å². The first-order valence-electron chi connectivity index (χ1n) is 8.99. The Morgan fingerprint density at radius 3 is 2.58 bits per heavy atom. The Hall–Kier alpha value is -2.64. The fourth-order valence-corrected chi connectivity index (χ4v) is 4.27. The van der Waals surface area contributed by atoms with Crippen LogP contribution in [0.15, 0.2) is 60.7 Å². The maximum absolute atomic E-state index is 12.8. The SMILES string of the molecule is O=C(COC(=O)c1cc(-c2ccc(Cl)s2)nc2ccccc12)Nc1cccc(Cl)c1Cl. The number of nitrogens with one attached hydrogen (secondary N) is 1. The van der Waals surface area contributed by atoms with Gasteiger partial charge < -0.3 is 10.1 Å². The molecule has 0 unspecified atom stereocenters. The lowest BCUT2D eigenvalue weighted by Crippen LogP contribution is -2.21. The van der Waals surface area contributed by atoms with Gasteiger partial charge in [0.15, 0.2) is 6.61 Å². The van der Waals surface area contributed by atoms with E-state index in [1.165, 1.54) is 11.3 Å². The van der Waals surface area contributed by atoms with Crippen molar-refractivity contribution in [1.29, 1.82) is 0 Å². The number of esters is 1. The van der Waals surface area contributed by atoms with Crippen molar-refractivity contribution in [3.8, 4) is 10.6 Å². The summed E-state index contributed by atoms with van der Waals surface area (Å²) in [5, 5.41) is 3.72. The molecule has 2 aromatic carbocycles. The molecule has 4 aromatic rings. The minimum atomic E-state index is -0.644. The molecule has 5 nitrogen and oxygen atoms in total. The molecule has 4 rings (SSSR count). The van der Waals surface area contributed by atoms with Gasteiger partial charge in [-0.3, -0.25) is 4.79 Å². The lowest BCUT2D eigenvalue weighted by atomic mass is 10.1. The monoisotopic (exact) mass is 490 g/mol. The highest BCUT2D eigenvalue weighted by Crippen LogP contribution is 2.32. The number of fused-ring (bicyclic) bond motifs is 1. The van der Waals surface area contributed by atoms with Crippen LogP contribution in [0.4, 0.5) is 5.69 Å². The van der Waals surface area contributed by atoms with Gasteiger partial charge in [-0.25, -0.2) is 9.78 Å². The molecule has 0 bridgehead atoms. The molecule has 0 fully saturated rings. The van der Waals surface area contributed by atoms with Gasteiger partial charge in [0.05, 0.1) is 41.7 Å². The summed E-state index contributed by atoms with van der Waals surface area (Å²) in [6, 6.07) is 17.3. The van der Waals surface area contributed by atoms with Gasteiger partial charge in [-0.2, -0.15) is 0 Å². The van der Waals surface area contributed by atoms with Gasteiger partial charge in [0.1, 0.15) is 0 Å². The molecule has 0 aliphatic carbocycles. The summed E-state index contributed by atoms with van der Waals surface area (Å²) in [4.78, 5) is 30.5. The van der Waals surface area contributed by atoms with E-state index in [4.69, 9.17) is 39.5 Å². The number of rotatable bonds is 5. The number of hydrogen-bond acceptors (Lipinski definition) is 5. The first kappa shape index (κ1) is 21.6. The third kappa shape index (κ3) is 4.83. The summed E-state index contributed by atoms with van der Waals surface area (Å²) in [7, 11) is 0. The Kier molecular flexibility index (Phi) is 6.43. The molecular weight excluding hydrogens is 479 g/mol. The van der Waals surface area contributed by atoms with Gasteiger partial charge >= 0.3 is 5.97 Å². The molecule has 2 heterocycles. The number of pyridine rings is 1. The number of carbonyl (C=O) groups excluding carboxylic acids is 2. The second kappa shape index (κ2) is 9.24. The number of para-hydroxylation sites is 1. The smallest absolute Gasteiger partial charge is 0.339 e. The Labute approximate surface area is 196 Å². The van der Waals surface area contributed by atoms with Crippen LogP contribution in [-0.2, 0) is 9.53 Å². The van der Waals surface area contributed by atoms with Crippen LogP contribution in [-0.4, -0.2) is 23.5 Å². The van der Waals surface area contributed by atoms with Crippen LogP contribution in [0.5, 0.6) is 0 Å². The number of nitrogens with zero attached hydrogens (tertiary/aromatic N) is 1. The van der Waals surface area contributed by atoms with Crippen molar-refractivity contribution >= 4 is 74.6 Å². The van der Waals surface area contributed by atoms with Crippen molar-refractivity contribution in [1.82, 2.24) is 4.98 Å². The molecule has 2 aromatic heterocycles. The minimum absolute atomic E-state index is 0.211. The Balaban J connectivity index is 1.56. The van der Waals surface area contributed by atoms with E-state index in [-0.39, 0.29) is 5.02 Å². The number of benzene rings is 2. The molecule has 1 amide bonds. The van der Waals surface area contributed by atoms with Gasteiger partial charge in [-0.1, -0.05) is 59.1 Å². The quantitative estimate of drug-likeness (QED) is 0.315. The standard InChI is InChI=1S/C22H13Cl3N2O3S/c23-14-5-3-7-16(21(14)25)27-20(28)11-30-22(29)13-10-17(18-8-9-19(24)31-18)26-15-6-2-1-4-12(13)15/h1-10H,11H2,(H,27,28). The maximum Gasteiger partial charge on any atom is 0.339 e. The van der Waals surface area contributed by atoms with Crippen LogP contribution in [0.1, 0.15) is 10.4 Å². The van der Waals surface area contributed by atoms with Crippen molar-refractivity contribution in [2.45, 2.75) is 0 Å². The van der Waals surface area contributed by atoms with Crippen LogP contribution in [0.25, 0.3) is 21.5 Å². The van der Waals surface area contributed by atoms with Gasteiger partial charge in [0.2, 0.25) is 0 Å². The second-order valence-electron chi connectivity index (χ2n) is 6.40. The van der Waals surface area contributed by atoms with E-state index >= 15 is 0 Å². The molecule has 0 atom stereocenters. The third-order valence-electron chi connectivity index (χ3n) is 4.32. The number of carbonyl (C=O) groups is 2. The van der Waals surface area contributed by atoms with Crippen LogP contribution in [0, 0.1) is 0 Å². The van der Waals surface area contributed by atoms with E-state index in [0.717, 1.165) is 4.88 Å². The Morgan fingerprint density at radius 1 is 1.00 bits per heavy atom. The number of hydrogen-bond donors (Lipinski definition) is 1. The molecule has 31 heavy (non-hydrogen) atoms. The largest absolute Gasteiger partial charge is 0.452 e. The van der Waals surface area contributed by atoms with E-state index in [1.54, 1.807) is 48.5 Å². The van der Waals surface area contributed by atoms with Crippen molar-refractivity contribution in [2.24, 2.45) is 0 Å². The van der Waals surface area contributed by atoms with E-state index in [9.17, 15) is 9.59 Å². The van der Waals surface area contributed by atoms with Gasteiger partial charge in [0, 0.05) is 5.39 Å². The lowest BCUT2D eigenvalue weighted by molar-refractivity contribution is -0.119. The number of amides is 1. The molecule has 0 aliphatic heterocycles. The van der Waals surface area contributed by atoms with Crippen LogP contribution >= 0.6 is 46.1 Å². The van der Waals surface area contributed by atoms with Crippen molar-refractivity contribution in [3.05, 3.63) is 80.6 Å². The number of aromatic nitrogens is 1. The van der Waals surface area contributed by atoms with Crippen LogP contribution in [0.2, 0.25) is 14.4 Å². The molecule has 156 valence electrons. The average molecular weight is 492 g/mol. The minimum Gasteiger partial charge on any atom is -0.452 e. The van der Waals surface area contributed by atoms with E-state index in [1.807, 2.05) is 12.1 Å². The summed E-state index contributed by atoms with van der Waals surface area (Å²) < 4.78 is 5.88. The summed E-state index contributed by atoms with van der Waals surface area (Å²) in [5.74, 6) is -1.18. The van der Waals surface area contributed by atoms with Gasteiger partial charge in [0.25, 0.3) is 5.91 Å². The van der Waals surface area contributed by atoms with Gasteiger partial charge in [-0.05, 0) is 36.4 Å². The molecular formula is C22H13Cl3N2O3S. The topological polar surface area (TPSA) is 68.3 Å². The fourth-order valence-electron chi connectivity index (χ4n) is 2.92. The zero-order valence-corrected chi connectivity index (χ0v) is 18.8. The predicted molar refractivity (Wildman–Crippen MR) is 125 cm³/mol. The van der Waals surface area contributed by atoms with Crippen molar-refractivity contribution in [2.75, 3.05) is 11.9 Å². The normalized spacial score (nSPS) is 10.8. The number of thiophene rings is 1. The fraction of sp³-hybridized carbons (Fsp3) is 0.0455. The lowest BCUT2D eigenvalue weighted by Gasteiger charge is -2.11. The van der Waals surface area contributed by atoms with Crippen LogP contribution < -0.4 is 5.32 Å². The summed E-state index contributed by atoms with van der Waals surface area (Å²) in [6.07, 6.45) is 0. The number of anilines is 1. The molecule has 0 radical (unpaired) electrons. The Bertz CT molecular complexity index is 1310. The highest BCUT2D eigenvalue weighted by molar-refractivity contribution is 7.19. The average Bonchev–Trinajstić information content (AvgIpc) is 3.21. The first-order valence-corrected chi connectivity index (χ1v) is 10.9. The van der Waals surface area contributed by atoms with Crippen molar-refractivity contribution < 1.29 is 14.3 Å². The highest BCUT2D eigenvalue weighted by atomic mass is 35.5. The highest BCUT2D eigenvalue weighted by Gasteiger charge is 2.18. The molecule has 0 saturated carbocycles. The predicted octanol–water partition coefficient (Wildman–Crippen LogP) is 6.72. The third-order valence-corrected chi connectivity index (χ3v) is 6.39. The van der Waals surface area contributed by atoms with Crippen LogP contribution in [0.3, 0.4) is 0 Å². The molecule has 0 saturated heterocycles.